The smallest absolute Gasteiger partial charge is 0.317 e. The quantitative estimate of drug-likeness (QED) is 0.119. The molecule has 2 aliphatic rings. The van der Waals surface area contributed by atoms with Gasteiger partial charge in [0.25, 0.3) is 0 Å². The van der Waals surface area contributed by atoms with Gasteiger partial charge < -0.3 is 25.3 Å². The molecule has 11 nitrogen and oxygen atoms in total. The number of anilines is 2. The van der Waals surface area contributed by atoms with E-state index in [1.54, 1.807) is 12.3 Å². The first kappa shape index (κ1) is 33.1. The first-order valence-corrected chi connectivity index (χ1v) is 17.3. The summed E-state index contributed by atoms with van der Waals surface area (Å²) in [6.07, 6.45) is 5.38. The van der Waals surface area contributed by atoms with E-state index in [0.29, 0.717) is 79.8 Å². The van der Waals surface area contributed by atoms with Crippen LogP contribution in [0, 0.1) is 11.3 Å². The van der Waals surface area contributed by atoms with Crippen LogP contribution in [-0.4, -0.2) is 61.8 Å². The molecule has 1 saturated heterocycles. The molecule has 0 amide bonds. The van der Waals surface area contributed by atoms with Gasteiger partial charge in [0.1, 0.15) is 22.7 Å². The van der Waals surface area contributed by atoms with E-state index in [-0.39, 0.29) is 24.6 Å². The molecular formula is C38H31Cl2N7O4. The van der Waals surface area contributed by atoms with Crippen molar-refractivity contribution < 1.29 is 19.4 Å². The molecule has 1 aliphatic heterocycles. The van der Waals surface area contributed by atoms with Crippen LogP contribution < -0.4 is 10.6 Å². The summed E-state index contributed by atoms with van der Waals surface area (Å²) in [5, 5.41) is 37.3. The van der Waals surface area contributed by atoms with Gasteiger partial charge in [-0.3, -0.25) is 14.7 Å². The minimum atomic E-state index is -0.947. The second kappa shape index (κ2) is 13.6. The topological polar surface area (TPSA) is 160 Å². The molecule has 8 rings (SSSR count). The van der Waals surface area contributed by atoms with Gasteiger partial charge in [0.15, 0.2) is 11.4 Å². The zero-order valence-electron chi connectivity index (χ0n) is 27.2. The number of oxazole rings is 1. The first-order valence-electron chi connectivity index (χ1n) is 16.6. The van der Waals surface area contributed by atoms with E-state index in [2.05, 4.69) is 32.7 Å². The molecule has 2 atom stereocenters. The number of hydrogen-bond donors (Lipinski definition) is 4. The molecule has 4 N–H and O–H groups in total. The fourth-order valence-corrected chi connectivity index (χ4v) is 7.76. The van der Waals surface area contributed by atoms with Crippen LogP contribution in [0.2, 0.25) is 10.0 Å². The number of likely N-dealkylation sites (tertiary alicyclic amines) is 1. The fourth-order valence-electron chi connectivity index (χ4n) is 7.17. The zero-order valence-corrected chi connectivity index (χ0v) is 28.7. The molecule has 0 radical (unpaired) electrons. The van der Waals surface area contributed by atoms with Gasteiger partial charge >= 0.3 is 5.97 Å². The number of carboxylic acids is 1. The van der Waals surface area contributed by atoms with Crippen molar-refractivity contribution >= 4 is 62.7 Å². The standard InChI is InChI=1S/C38H31Cl2N7O4/c39-33-24(3-1-5-26(33)38-46-31-14-27-23(28(15-41)36(31)51-38)7-8-29(27)43-17-32(49)50)25-4-2-6-30(34(25)40)45-37-35-21(9-11-42-37)13-20(16-44-35)18-47-12-10-22(48)19-47/h1-6,9,11,13-14,16,22,29,43,48H,7-8,10,12,17-19H2,(H,42,45)(H,49,50)/t22-,29+/m1/s1. The summed E-state index contributed by atoms with van der Waals surface area (Å²) in [5.41, 5.74) is 7.21. The maximum absolute atomic E-state index is 11.2. The number of aliphatic carboxylic acids is 1. The van der Waals surface area contributed by atoms with Crippen molar-refractivity contribution in [3.63, 3.8) is 0 Å². The van der Waals surface area contributed by atoms with Gasteiger partial charge in [-0.25, -0.2) is 9.97 Å². The molecule has 0 spiro atoms. The summed E-state index contributed by atoms with van der Waals surface area (Å²) in [7, 11) is 0. The first-order chi connectivity index (χ1) is 24.8. The highest BCUT2D eigenvalue weighted by atomic mass is 35.5. The molecule has 0 saturated carbocycles. The van der Waals surface area contributed by atoms with Crippen LogP contribution in [0.25, 0.3) is 44.6 Å². The summed E-state index contributed by atoms with van der Waals surface area (Å²) in [6, 6.07) is 19.1. The number of hydrogen-bond acceptors (Lipinski definition) is 10. The molecule has 0 unspecified atom stereocenters. The lowest BCUT2D eigenvalue weighted by Crippen LogP contribution is -2.26. The number of aliphatic hydroxyl groups is 1. The number of carbonyl (C=O) groups is 1. The number of nitriles is 1. The van der Waals surface area contributed by atoms with E-state index < -0.39 is 5.97 Å². The molecule has 3 aromatic heterocycles. The van der Waals surface area contributed by atoms with Crippen molar-refractivity contribution in [2.24, 2.45) is 0 Å². The lowest BCUT2D eigenvalue weighted by molar-refractivity contribution is -0.136. The van der Waals surface area contributed by atoms with Crippen LogP contribution in [0.5, 0.6) is 0 Å². The lowest BCUT2D eigenvalue weighted by Gasteiger charge is -2.16. The van der Waals surface area contributed by atoms with Crippen molar-refractivity contribution in [1.82, 2.24) is 25.2 Å². The number of pyridine rings is 2. The molecular weight excluding hydrogens is 689 g/mol. The Labute approximate surface area is 302 Å². The van der Waals surface area contributed by atoms with Crippen molar-refractivity contribution in [2.45, 2.75) is 38.0 Å². The highest BCUT2D eigenvalue weighted by molar-refractivity contribution is 6.39. The Morgan fingerprint density at radius 1 is 1.06 bits per heavy atom. The Kier molecular flexibility index (Phi) is 8.79. The number of aromatic nitrogens is 3. The molecule has 6 aromatic rings. The van der Waals surface area contributed by atoms with Crippen LogP contribution in [0.1, 0.15) is 41.1 Å². The monoisotopic (exact) mass is 719 g/mol. The molecule has 256 valence electrons. The summed E-state index contributed by atoms with van der Waals surface area (Å²) in [5.74, 6) is -0.137. The number of halogens is 2. The summed E-state index contributed by atoms with van der Waals surface area (Å²) in [6.45, 7) is 2.06. The van der Waals surface area contributed by atoms with Gasteiger partial charge in [0.2, 0.25) is 5.89 Å². The predicted octanol–water partition coefficient (Wildman–Crippen LogP) is 7.26. The number of β-amino-alcohol motifs (C(OH)–C–C–N with tert-alkyl or cyclic N) is 1. The molecule has 1 fully saturated rings. The fraction of sp³-hybridized carbons (Fsp3) is 0.237. The molecule has 4 heterocycles. The van der Waals surface area contributed by atoms with Gasteiger partial charge in [-0.2, -0.15) is 5.26 Å². The third-order valence-corrected chi connectivity index (χ3v) is 10.4. The third kappa shape index (κ3) is 6.26. The number of benzene rings is 3. The number of nitrogens with zero attached hydrogens (tertiary/aromatic N) is 5. The van der Waals surface area contributed by atoms with Crippen molar-refractivity contribution in [2.75, 3.05) is 25.0 Å². The summed E-state index contributed by atoms with van der Waals surface area (Å²) >= 11 is 14.1. The number of carboxylic acid groups (broad SMARTS) is 1. The minimum Gasteiger partial charge on any atom is -0.480 e. The van der Waals surface area contributed by atoms with E-state index in [1.807, 2.05) is 48.7 Å². The maximum atomic E-state index is 11.2. The molecule has 13 heteroatoms. The normalized spacial score (nSPS) is 17.2. The Morgan fingerprint density at radius 2 is 1.86 bits per heavy atom. The number of rotatable bonds is 9. The molecule has 51 heavy (non-hydrogen) atoms. The van der Waals surface area contributed by atoms with Crippen molar-refractivity contribution in [1.29, 1.82) is 5.26 Å². The average molecular weight is 721 g/mol. The highest BCUT2D eigenvalue weighted by Gasteiger charge is 2.29. The van der Waals surface area contributed by atoms with E-state index in [1.165, 1.54) is 0 Å². The lowest BCUT2D eigenvalue weighted by atomic mass is 10.0. The predicted molar refractivity (Wildman–Crippen MR) is 195 cm³/mol. The number of aliphatic hydroxyl groups excluding tert-OH is 1. The summed E-state index contributed by atoms with van der Waals surface area (Å²) < 4.78 is 6.22. The van der Waals surface area contributed by atoms with Crippen LogP contribution >= 0.6 is 23.2 Å². The van der Waals surface area contributed by atoms with Crippen molar-refractivity contribution in [3.8, 4) is 28.7 Å². The Balaban J connectivity index is 1.10. The SMILES string of the molecule is N#Cc1c2c(cc3nc(-c4cccc(-c5cccc(Nc6nccc7cc(CN8CC[C@@H](O)C8)cnc67)c5Cl)c4Cl)oc13)[C@@H](NCC(=O)O)CC2. The van der Waals surface area contributed by atoms with E-state index >= 15 is 0 Å². The highest BCUT2D eigenvalue weighted by Crippen LogP contribution is 2.44. The van der Waals surface area contributed by atoms with Gasteiger partial charge in [-0.05, 0) is 66.3 Å². The largest absolute Gasteiger partial charge is 0.480 e. The van der Waals surface area contributed by atoms with Crippen LogP contribution in [-0.2, 0) is 17.8 Å². The number of nitrogens with one attached hydrogen (secondary N) is 2. The van der Waals surface area contributed by atoms with Crippen LogP contribution in [0.3, 0.4) is 0 Å². The molecule has 1 aliphatic carbocycles. The van der Waals surface area contributed by atoms with Gasteiger partial charge in [0.05, 0.1) is 33.9 Å². The maximum Gasteiger partial charge on any atom is 0.317 e. The Bertz CT molecular complexity index is 2390. The Hall–Kier alpha value is -5.09. The van der Waals surface area contributed by atoms with Crippen LogP contribution in [0.4, 0.5) is 11.5 Å². The van der Waals surface area contributed by atoms with Gasteiger partial charge in [-0.1, -0.05) is 47.5 Å². The van der Waals surface area contributed by atoms with Crippen LogP contribution in [0.15, 0.2) is 71.4 Å². The second-order valence-electron chi connectivity index (χ2n) is 12.9. The van der Waals surface area contributed by atoms with Gasteiger partial charge in [0, 0.05) is 54.6 Å². The average Bonchev–Trinajstić information content (AvgIpc) is 3.85. The molecule has 3 aromatic carbocycles. The van der Waals surface area contributed by atoms with E-state index in [4.69, 9.17) is 42.7 Å². The van der Waals surface area contributed by atoms with E-state index in [9.17, 15) is 15.2 Å². The number of fused-ring (bicyclic) bond motifs is 3. The van der Waals surface area contributed by atoms with Crippen molar-refractivity contribution in [3.05, 3.63) is 99.3 Å². The third-order valence-electron chi connectivity index (χ3n) is 9.57. The minimum absolute atomic E-state index is 0.183. The summed E-state index contributed by atoms with van der Waals surface area (Å²) in [4.78, 5) is 27.4. The van der Waals surface area contributed by atoms with E-state index in [0.717, 1.165) is 41.6 Å². The van der Waals surface area contributed by atoms with Gasteiger partial charge in [-0.15, -0.1) is 0 Å². The Morgan fingerprint density at radius 3 is 2.65 bits per heavy atom. The zero-order chi connectivity index (χ0) is 35.2. The second-order valence-corrected chi connectivity index (χ2v) is 13.6. The molecule has 0 bridgehead atoms.